The van der Waals surface area contributed by atoms with Gasteiger partial charge in [0, 0.05) is 18.8 Å². The lowest BCUT2D eigenvalue weighted by Gasteiger charge is -2.14. The van der Waals surface area contributed by atoms with Crippen LogP contribution >= 0.6 is 11.8 Å². The van der Waals surface area contributed by atoms with Gasteiger partial charge in [-0.2, -0.15) is 0 Å². The van der Waals surface area contributed by atoms with Gasteiger partial charge in [0.15, 0.2) is 11.0 Å². The number of aromatic nitrogens is 3. The molecule has 2 aromatic carbocycles. The maximum absolute atomic E-state index is 13.8. The highest BCUT2D eigenvalue weighted by molar-refractivity contribution is 7.99. The Morgan fingerprint density at radius 1 is 1.19 bits per heavy atom. The zero-order chi connectivity index (χ0) is 22.4. The van der Waals surface area contributed by atoms with Crippen molar-refractivity contribution in [3.05, 3.63) is 65.7 Å². The first-order chi connectivity index (χ1) is 14.9. The molecule has 3 rings (SSSR count). The van der Waals surface area contributed by atoms with E-state index in [1.54, 1.807) is 56.0 Å². The monoisotopic (exact) mass is 443 g/mol. The summed E-state index contributed by atoms with van der Waals surface area (Å²) >= 11 is 1.21. The minimum absolute atomic E-state index is 0.0414. The third kappa shape index (κ3) is 5.60. The Labute approximate surface area is 183 Å². The number of nitrogens with one attached hydrogen (secondary N) is 2. The number of carbonyl (C=O) groups excluding carboxylic acids is 2. The van der Waals surface area contributed by atoms with Crippen LogP contribution in [0.5, 0.6) is 5.75 Å². The standard InChI is InChI=1S/C21H22FN5O3S/c1-13(23-20(29)16-9-4-5-10-17(16)22)19-25-26-21(27(19)2)31-12-18(28)24-14-7-6-8-15(11-14)30-3/h4-11,13H,12H2,1-3H3,(H,23,29)(H,24,28)/t13-/m0/s1. The number of hydrogen-bond acceptors (Lipinski definition) is 6. The first-order valence-corrected chi connectivity index (χ1v) is 10.4. The van der Waals surface area contributed by atoms with Gasteiger partial charge < -0.3 is 19.9 Å². The molecular weight excluding hydrogens is 421 g/mol. The summed E-state index contributed by atoms with van der Waals surface area (Å²) < 4.78 is 20.6. The van der Waals surface area contributed by atoms with E-state index in [-0.39, 0.29) is 17.2 Å². The molecule has 3 aromatic rings. The first kappa shape index (κ1) is 22.3. The fourth-order valence-electron chi connectivity index (χ4n) is 2.84. The number of anilines is 1. The number of thioether (sulfide) groups is 1. The van der Waals surface area contributed by atoms with Crippen molar-refractivity contribution in [1.29, 1.82) is 0 Å². The molecule has 8 nitrogen and oxygen atoms in total. The van der Waals surface area contributed by atoms with Gasteiger partial charge in [0.05, 0.1) is 24.5 Å². The fourth-order valence-corrected chi connectivity index (χ4v) is 3.56. The van der Waals surface area contributed by atoms with Crippen LogP contribution in [0.1, 0.15) is 29.1 Å². The summed E-state index contributed by atoms with van der Waals surface area (Å²) in [6.07, 6.45) is 0. The molecule has 0 spiro atoms. The predicted octanol–water partition coefficient (Wildman–Crippen LogP) is 3.18. The van der Waals surface area contributed by atoms with Crippen LogP contribution in [0, 0.1) is 5.82 Å². The van der Waals surface area contributed by atoms with E-state index in [1.165, 1.54) is 30.0 Å². The third-order valence-corrected chi connectivity index (χ3v) is 5.43. The van der Waals surface area contributed by atoms with Gasteiger partial charge in [-0.25, -0.2) is 4.39 Å². The summed E-state index contributed by atoms with van der Waals surface area (Å²) in [7, 11) is 3.30. The molecular formula is C21H22FN5O3S. The van der Waals surface area contributed by atoms with Crippen LogP contribution in [-0.2, 0) is 11.8 Å². The molecule has 0 fully saturated rings. The summed E-state index contributed by atoms with van der Waals surface area (Å²) in [5, 5.41) is 14.2. The Morgan fingerprint density at radius 2 is 1.97 bits per heavy atom. The van der Waals surface area contributed by atoms with Crippen LogP contribution in [0.2, 0.25) is 0 Å². The topological polar surface area (TPSA) is 98.1 Å². The second-order valence-electron chi connectivity index (χ2n) is 6.64. The van der Waals surface area contributed by atoms with Gasteiger partial charge in [-0.15, -0.1) is 10.2 Å². The molecule has 0 bridgehead atoms. The van der Waals surface area contributed by atoms with Crippen molar-refractivity contribution in [2.45, 2.75) is 18.1 Å². The quantitative estimate of drug-likeness (QED) is 0.519. The van der Waals surface area contributed by atoms with E-state index in [9.17, 15) is 14.0 Å². The van der Waals surface area contributed by atoms with E-state index < -0.39 is 17.8 Å². The van der Waals surface area contributed by atoms with Crippen molar-refractivity contribution in [2.24, 2.45) is 7.05 Å². The van der Waals surface area contributed by atoms with E-state index in [0.717, 1.165) is 0 Å². The molecule has 0 saturated carbocycles. The summed E-state index contributed by atoms with van der Waals surface area (Å²) in [4.78, 5) is 24.6. The fraction of sp³-hybridized carbons (Fsp3) is 0.238. The van der Waals surface area contributed by atoms with E-state index in [2.05, 4.69) is 20.8 Å². The van der Waals surface area contributed by atoms with Crippen LogP contribution in [0.25, 0.3) is 0 Å². The summed E-state index contributed by atoms with van der Waals surface area (Å²) in [6, 6.07) is 12.3. The lowest BCUT2D eigenvalue weighted by molar-refractivity contribution is -0.113. The van der Waals surface area contributed by atoms with Gasteiger partial charge >= 0.3 is 0 Å². The maximum atomic E-state index is 13.8. The lowest BCUT2D eigenvalue weighted by atomic mass is 10.2. The first-order valence-electron chi connectivity index (χ1n) is 9.40. The minimum atomic E-state index is -0.594. The molecule has 0 unspecified atom stereocenters. The maximum Gasteiger partial charge on any atom is 0.254 e. The molecule has 10 heteroatoms. The highest BCUT2D eigenvalue weighted by Gasteiger charge is 2.20. The van der Waals surface area contributed by atoms with Crippen molar-refractivity contribution >= 4 is 29.3 Å². The molecule has 0 aliphatic heterocycles. The van der Waals surface area contributed by atoms with Gasteiger partial charge in [0.1, 0.15) is 11.6 Å². The molecule has 1 atom stereocenters. The number of methoxy groups -OCH3 is 1. The molecule has 0 aliphatic rings. The summed E-state index contributed by atoms with van der Waals surface area (Å²) in [6.45, 7) is 1.73. The Hall–Kier alpha value is -3.40. The number of nitrogens with zero attached hydrogens (tertiary/aromatic N) is 3. The molecule has 1 aromatic heterocycles. The summed E-state index contributed by atoms with van der Waals surface area (Å²) in [5.74, 6) is -0.0815. The zero-order valence-corrected chi connectivity index (χ0v) is 18.1. The number of rotatable bonds is 8. The number of amides is 2. The third-order valence-electron chi connectivity index (χ3n) is 4.41. The SMILES string of the molecule is COc1cccc(NC(=O)CSc2nnc([C@H](C)NC(=O)c3ccccc3F)n2C)c1. The molecule has 0 aliphatic carbocycles. The lowest BCUT2D eigenvalue weighted by Crippen LogP contribution is -2.29. The minimum Gasteiger partial charge on any atom is -0.497 e. The van der Waals surface area contributed by atoms with Crippen molar-refractivity contribution in [1.82, 2.24) is 20.1 Å². The Balaban J connectivity index is 1.58. The number of carbonyl (C=O) groups is 2. The predicted molar refractivity (Wildman–Crippen MR) is 116 cm³/mol. The van der Waals surface area contributed by atoms with Crippen LogP contribution in [0.15, 0.2) is 53.7 Å². The Morgan fingerprint density at radius 3 is 2.71 bits per heavy atom. The largest absolute Gasteiger partial charge is 0.497 e. The van der Waals surface area contributed by atoms with E-state index in [0.29, 0.717) is 22.4 Å². The van der Waals surface area contributed by atoms with E-state index in [1.807, 2.05) is 0 Å². The number of hydrogen-bond donors (Lipinski definition) is 2. The van der Waals surface area contributed by atoms with E-state index >= 15 is 0 Å². The van der Waals surface area contributed by atoms with Gasteiger partial charge in [-0.3, -0.25) is 9.59 Å². The van der Waals surface area contributed by atoms with Crippen molar-refractivity contribution in [2.75, 3.05) is 18.2 Å². The second-order valence-corrected chi connectivity index (χ2v) is 7.59. The molecule has 1 heterocycles. The molecule has 2 amide bonds. The van der Waals surface area contributed by atoms with E-state index in [4.69, 9.17) is 4.74 Å². The number of halogens is 1. The Kier molecular flexibility index (Phi) is 7.24. The van der Waals surface area contributed by atoms with Crippen LogP contribution in [0.3, 0.4) is 0 Å². The average molecular weight is 444 g/mol. The van der Waals surface area contributed by atoms with Crippen LogP contribution < -0.4 is 15.4 Å². The second kappa shape index (κ2) is 10.1. The molecule has 0 saturated heterocycles. The van der Waals surface area contributed by atoms with Gasteiger partial charge in [0.25, 0.3) is 5.91 Å². The van der Waals surface area contributed by atoms with Crippen LogP contribution in [0.4, 0.5) is 10.1 Å². The van der Waals surface area contributed by atoms with Crippen molar-refractivity contribution < 1.29 is 18.7 Å². The number of ether oxygens (including phenoxy) is 1. The van der Waals surface area contributed by atoms with Crippen molar-refractivity contribution in [3.8, 4) is 5.75 Å². The summed E-state index contributed by atoms with van der Waals surface area (Å²) in [5.41, 5.74) is 0.591. The zero-order valence-electron chi connectivity index (χ0n) is 17.3. The molecule has 31 heavy (non-hydrogen) atoms. The van der Waals surface area contributed by atoms with Gasteiger partial charge in [-0.05, 0) is 31.2 Å². The van der Waals surface area contributed by atoms with Crippen molar-refractivity contribution in [3.63, 3.8) is 0 Å². The normalized spacial score (nSPS) is 11.6. The highest BCUT2D eigenvalue weighted by atomic mass is 32.2. The van der Waals surface area contributed by atoms with Gasteiger partial charge in [0.2, 0.25) is 5.91 Å². The van der Waals surface area contributed by atoms with Crippen LogP contribution in [-0.4, -0.2) is 39.4 Å². The highest BCUT2D eigenvalue weighted by Crippen LogP contribution is 2.21. The molecule has 162 valence electrons. The van der Waals surface area contributed by atoms with Gasteiger partial charge in [-0.1, -0.05) is 30.0 Å². The smallest absolute Gasteiger partial charge is 0.254 e. The number of benzene rings is 2. The average Bonchev–Trinajstić information content (AvgIpc) is 3.13. The molecule has 0 radical (unpaired) electrons. The Bertz CT molecular complexity index is 1090. The molecule has 2 N–H and O–H groups in total.